The zero-order valence-electron chi connectivity index (χ0n) is 25.3. The molecule has 2 atom stereocenters. The van der Waals surface area contributed by atoms with Gasteiger partial charge in [-0.25, -0.2) is 4.39 Å². The fourth-order valence-electron chi connectivity index (χ4n) is 5.41. The van der Waals surface area contributed by atoms with Crippen LogP contribution in [0.4, 0.5) is 4.39 Å². The molecule has 1 N–H and O–H groups in total. The lowest BCUT2D eigenvalue weighted by Crippen LogP contribution is -2.46. The van der Waals surface area contributed by atoms with Crippen LogP contribution in [0.2, 0.25) is 0 Å². The summed E-state index contributed by atoms with van der Waals surface area (Å²) < 4.78 is 41.3. The Hall–Kier alpha value is -5.24. The second-order valence-electron chi connectivity index (χ2n) is 10.8. The molecule has 46 heavy (non-hydrogen) atoms. The first-order chi connectivity index (χ1) is 22.4. The Bertz CT molecular complexity index is 1690. The number of benzene rings is 3. The fourth-order valence-corrected chi connectivity index (χ4v) is 5.41. The normalized spacial score (nSPS) is 15.8. The van der Waals surface area contributed by atoms with Gasteiger partial charge in [0.1, 0.15) is 18.4 Å². The molecule has 1 aromatic heterocycles. The highest BCUT2D eigenvalue weighted by molar-refractivity contribution is 5.88. The molecular formula is C32H33FN6O7. The minimum atomic E-state index is -1.12. The van der Waals surface area contributed by atoms with Crippen LogP contribution in [-0.2, 0) is 27.4 Å². The van der Waals surface area contributed by atoms with Crippen LogP contribution in [0.5, 0.6) is 23.0 Å². The SMILES string of the molecule is COc1ccc(-c2nnn(CC(=O)N(Cc3ccc4c(c3)OCO4)[C@@H](C(=O)NC[C@H]3CCCO3)c3ccc(F)cc3)n2)cc1OC. The summed E-state index contributed by atoms with van der Waals surface area (Å²) in [7, 11) is 3.06. The number of aromatic nitrogens is 4. The van der Waals surface area contributed by atoms with Crippen molar-refractivity contribution in [3.63, 3.8) is 0 Å². The van der Waals surface area contributed by atoms with Gasteiger partial charge in [0.2, 0.25) is 24.4 Å². The number of nitrogens with one attached hydrogen (secondary N) is 1. The number of hydrogen-bond donors (Lipinski definition) is 1. The second kappa shape index (κ2) is 13.8. The number of halogens is 1. The van der Waals surface area contributed by atoms with Crippen molar-refractivity contribution in [2.75, 3.05) is 34.2 Å². The fraction of sp³-hybridized carbons (Fsp3) is 0.344. The lowest BCUT2D eigenvalue weighted by molar-refractivity contribution is -0.142. The molecule has 3 aromatic carbocycles. The molecule has 3 heterocycles. The molecule has 0 unspecified atom stereocenters. The van der Waals surface area contributed by atoms with Crippen molar-refractivity contribution in [1.29, 1.82) is 0 Å². The Morgan fingerprint density at radius 2 is 1.85 bits per heavy atom. The van der Waals surface area contributed by atoms with E-state index in [2.05, 4.69) is 20.7 Å². The van der Waals surface area contributed by atoms with Crippen molar-refractivity contribution in [3.8, 4) is 34.4 Å². The van der Waals surface area contributed by atoms with Gasteiger partial charge in [0.15, 0.2) is 23.0 Å². The number of tetrazole rings is 1. The Morgan fingerprint density at radius 3 is 2.61 bits per heavy atom. The lowest BCUT2D eigenvalue weighted by atomic mass is 10.0. The van der Waals surface area contributed by atoms with E-state index in [1.54, 1.807) is 36.4 Å². The smallest absolute Gasteiger partial charge is 0.247 e. The van der Waals surface area contributed by atoms with E-state index in [0.717, 1.165) is 17.6 Å². The average Bonchev–Trinajstić information content (AvgIpc) is 3.86. The average molecular weight is 633 g/mol. The maximum atomic E-state index is 14.2. The molecule has 1 fully saturated rings. The summed E-state index contributed by atoms with van der Waals surface area (Å²) in [4.78, 5) is 30.6. The van der Waals surface area contributed by atoms with Crippen molar-refractivity contribution >= 4 is 11.8 Å². The molecule has 0 saturated carbocycles. The number of methoxy groups -OCH3 is 2. The van der Waals surface area contributed by atoms with Crippen LogP contribution in [0.1, 0.15) is 30.0 Å². The topological polar surface area (TPSA) is 139 Å². The molecular weight excluding hydrogens is 599 g/mol. The summed E-state index contributed by atoms with van der Waals surface area (Å²) in [6.45, 7) is 0.685. The largest absolute Gasteiger partial charge is 0.493 e. The van der Waals surface area contributed by atoms with Crippen molar-refractivity contribution in [2.24, 2.45) is 0 Å². The number of amides is 2. The summed E-state index contributed by atoms with van der Waals surface area (Å²) in [5.41, 5.74) is 1.72. The van der Waals surface area contributed by atoms with Crippen LogP contribution in [0.15, 0.2) is 60.7 Å². The molecule has 0 spiro atoms. The highest BCUT2D eigenvalue weighted by Crippen LogP contribution is 2.34. The Kier molecular flexibility index (Phi) is 9.24. The molecule has 1 saturated heterocycles. The predicted molar refractivity (Wildman–Crippen MR) is 161 cm³/mol. The monoisotopic (exact) mass is 632 g/mol. The standard InChI is InChI=1S/C32H33FN6O7/c1-42-25-12-8-22(15-27(25)43-2)31-35-37-39(36-31)18-29(40)38(17-20-5-11-26-28(14-20)46-19-45-26)30(21-6-9-23(33)10-7-21)32(41)34-16-24-4-3-13-44-24/h5-12,14-15,24,30H,3-4,13,16-19H2,1-2H3,(H,34,41)/t24-,30-/m1/s1. The van der Waals surface area contributed by atoms with Gasteiger partial charge in [0, 0.05) is 25.3 Å². The van der Waals surface area contributed by atoms with E-state index >= 15 is 0 Å². The molecule has 13 nitrogen and oxygen atoms in total. The molecule has 240 valence electrons. The van der Waals surface area contributed by atoms with Crippen LogP contribution >= 0.6 is 0 Å². The zero-order valence-corrected chi connectivity index (χ0v) is 25.3. The number of ether oxygens (including phenoxy) is 5. The van der Waals surface area contributed by atoms with Gasteiger partial charge in [-0.15, -0.1) is 10.2 Å². The molecule has 4 aromatic rings. The number of nitrogens with zero attached hydrogens (tertiary/aromatic N) is 5. The van der Waals surface area contributed by atoms with E-state index in [0.29, 0.717) is 46.3 Å². The first-order valence-corrected chi connectivity index (χ1v) is 14.7. The van der Waals surface area contributed by atoms with Gasteiger partial charge >= 0.3 is 0 Å². The summed E-state index contributed by atoms with van der Waals surface area (Å²) in [5, 5.41) is 15.6. The van der Waals surface area contributed by atoms with Crippen LogP contribution < -0.4 is 24.3 Å². The van der Waals surface area contributed by atoms with Gasteiger partial charge in [-0.05, 0) is 71.6 Å². The molecule has 0 bridgehead atoms. The van der Waals surface area contributed by atoms with E-state index in [-0.39, 0.29) is 38.4 Å². The van der Waals surface area contributed by atoms with Crippen LogP contribution in [0.3, 0.4) is 0 Å². The van der Waals surface area contributed by atoms with E-state index in [9.17, 15) is 14.0 Å². The van der Waals surface area contributed by atoms with Gasteiger partial charge in [0.25, 0.3) is 0 Å². The molecule has 14 heteroatoms. The second-order valence-corrected chi connectivity index (χ2v) is 10.8. The first kappa shape index (κ1) is 30.8. The molecule has 2 aliphatic heterocycles. The predicted octanol–water partition coefficient (Wildman–Crippen LogP) is 3.29. The highest BCUT2D eigenvalue weighted by Gasteiger charge is 2.33. The van der Waals surface area contributed by atoms with Crippen molar-refractivity contribution in [2.45, 2.75) is 38.1 Å². The number of carbonyl (C=O) groups excluding carboxylic acids is 2. The molecule has 2 amide bonds. The van der Waals surface area contributed by atoms with Crippen molar-refractivity contribution in [1.82, 2.24) is 30.4 Å². The van der Waals surface area contributed by atoms with Crippen LogP contribution in [0, 0.1) is 5.82 Å². The number of fused-ring (bicyclic) bond motifs is 1. The molecule has 2 aliphatic rings. The summed E-state index contributed by atoms with van der Waals surface area (Å²) in [6.07, 6.45) is 1.61. The molecule has 0 aliphatic carbocycles. The minimum absolute atomic E-state index is 0.0160. The number of carbonyl (C=O) groups is 2. The third-order valence-corrected chi connectivity index (χ3v) is 7.76. The summed E-state index contributed by atoms with van der Waals surface area (Å²) >= 11 is 0. The molecule has 0 radical (unpaired) electrons. The van der Waals surface area contributed by atoms with Gasteiger partial charge in [-0.3, -0.25) is 9.59 Å². The number of hydrogen-bond acceptors (Lipinski definition) is 10. The van der Waals surface area contributed by atoms with Crippen LogP contribution in [0.25, 0.3) is 11.4 Å². The Balaban J connectivity index is 1.31. The molecule has 6 rings (SSSR count). The van der Waals surface area contributed by atoms with E-state index < -0.39 is 23.7 Å². The van der Waals surface area contributed by atoms with Gasteiger partial charge in [-0.1, -0.05) is 18.2 Å². The minimum Gasteiger partial charge on any atom is -0.493 e. The van der Waals surface area contributed by atoms with Gasteiger partial charge in [0.05, 0.1) is 20.3 Å². The highest BCUT2D eigenvalue weighted by atomic mass is 19.1. The quantitative estimate of drug-likeness (QED) is 0.248. The van der Waals surface area contributed by atoms with E-state index in [4.69, 9.17) is 23.7 Å². The van der Waals surface area contributed by atoms with E-state index in [1.807, 2.05) is 0 Å². The maximum absolute atomic E-state index is 14.2. The third-order valence-electron chi connectivity index (χ3n) is 7.76. The summed E-state index contributed by atoms with van der Waals surface area (Å²) in [6, 6.07) is 14.9. The maximum Gasteiger partial charge on any atom is 0.247 e. The van der Waals surface area contributed by atoms with Crippen LogP contribution in [-0.4, -0.2) is 77.2 Å². The Morgan fingerprint density at radius 1 is 1.04 bits per heavy atom. The van der Waals surface area contributed by atoms with E-state index in [1.165, 1.54) is 43.4 Å². The van der Waals surface area contributed by atoms with Crippen molar-refractivity contribution < 1.29 is 37.7 Å². The lowest BCUT2D eigenvalue weighted by Gasteiger charge is -2.32. The number of rotatable bonds is 12. The van der Waals surface area contributed by atoms with Crippen molar-refractivity contribution in [3.05, 3.63) is 77.6 Å². The van der Waals surface area contributed by atoms with Gasteiger partial charge in [-0.2, -0.15) is 4.80 Å². The zero-order chi connectivity index (χ0) is 32.0. The Labute approximate surface area is 264 Å². The van der Waals surface area contributed by atoms with Gasteiger partial charge < -0.3 is 33.9 Å². The summed E-state index contributed by atoms with van der Waals surface area (Å²) in [5.74, 6) is 1.02. The first-order valence-electron chi connectivity index (χ1n) is 14.7. The third kappa shape index (κ3) is 6.86.